The number of aromatic nitrogens is 1. The Morgan fingerprint density at radius 3 is 2.76 bits per heavy atom. The van der Waals surface area contributed by atoms with Crippen LogP contribution in [0.5, 0.6) is 0 Å². The molecular weight excluding hydrogens is 269 g/mol. The van der Waals surface area contributed by atoms with Crippen LogP contribution >= 0.6 is 0 Å². The molecule has 1 aromatic heterocycles. The van der Waals surface area contributed by atoms with Gasteiger partial charge in [-0.15, -0.1) is 0 Å². The first-order valence-electron chi connectivity index (χ1n) is 6.49. The minimum Gasteiger partial charge on any atom is -0.399 e. The molecule has 3 aromatic rings. The molecule has 3 rings (SSSR count). The minimum absolute atomic E-state index is 0.282. The van der Waals surface area contributed by atoms with Gasteiger partial charge < -0.3 is 16.0 Å². The van der Waals surface area contributed by atoms with Gasteiger partial charge in [-0.3, -0.25) is 4.79 Å². The number of anilines is 2. The number of amides is 1. The maximum absolute atomic E-state index is 13.2. The maximum atomic E-state index is 13.2. The lowest BCUT2D eigenvalue weighted by atomic mass is 10.2. The summed E-state index contributed by atoms with van der Waals surface area (Å²) < 4.78 is 13.2. The first kappa shape index (κ1) is 13.2. The largest absolute Gasteiger partial charge is 0.399 e. The molecule has 4 nitrogen and oxygen atoms in total. The van der Waals surface area contributed by atoms with Gasteiger partial charge in [0.25, 0.3) is 5.91 Å². The standard InChI is InChI=1S/C16H14FN3O/c1-9-6-12(3-4-13(9)17)19-16(21)15-8-10-7-11(18)2-5-14(10)20-15/h2-8,20H,18H2,1H3,(H,19,21). The topological polar surface area (TPSA) is 70.9 Å². The molecule has 0 saturated heterocycles. The highest BCUT2D eigenvalue weighted by Gasteiger charge is 2.10. The van der Waals surface area contributed by atoms with Gasteiger partial charge in [0.1, 0.15) is 11.5 Å². The summed E-state index contributed by atoms with van der Waals surface area (Å²) in [5, 5.41) is 3.60. The van der Waals surface area contributed by atoms with Crippen molar-refractivity contribution in [2.24, 2.45) is 0 Å². The van der Waals surface area contributed by atoms with Crippen LogP contribution in [-0.2, 0) is 0 Å². The number of rotatable bonds is 2. The van der Waals surface area contributed by atoms with E-state index in [-0.39, 0.29) is 11.7 Å². The van der Waals surface area contributed by atoms with E-state index in [0.717, 1.165) is 10.9 Å². The van der Waals surface area contributed by atoms with E-state index >= 15 is 0 Å². The van der Waals surface area contributed by atoms with Crippen LogP contribution in [0.1, 0.15) is 16.1 Å². The van der Waals surface area contributed by atoms with E-state index in [9.17, 15) is 9.18 Å². The van der Waals surface area contributed by atoms with Gasteiger partial charge in [0.15, 0.2) is 0 Å². The molecule has 1 heterocycles. The summed E-state index contributed by atoms with van der Waals surface area (Å²) in [7, 11) is 0. The lowest BCUT2D eigenvalue weighted by Gasteiger charge is -2.05. The van der Waals surface area contributed by atoms with Crippen molar-refractivity contribution in [1.82, 2.24) is 4.98 Å². The number of fused-ring (bicyclic) bond motifs is 1. The predicted octanol–water partition coefficient (Wildman–Crippen LogP) is 3.45. The third-order valence-corrected chi connectivity index (χ3v) is 3.31. The Bertz CT molecular complexity index is 839. The first-order chi connectivity index (χ1) is 10.0. The van der Waals surface area contributed by atoms with Gasteiger partial charge in [-0.25, -0.2) is 4.39 Å². The Morgan fingerprint density at radius 2 is 2.00 bits per heavy atom. The van der Waals surface area contributed by atoms with Crippen molar-refractivity contribution in [3.63, 3.8) is 0 Å². The number of hydrogen-bond donors (Lipinski definition) is 3. The molecule has 4 N–H and O–H groups in total. The number of halogens is 1. The fraction of sp³-hybridized carbons (Fsp3) is 0.0625. The lowest BCUT2D eigenvalue weighted by molar-refractivity contribution is 0.102. The number of nitrogens with one attached hydrogen (secondary N) is 2. The molecule has 2 aromatic carbocycles. The van der Waals surface area contributed by atoms with E-state index in [1.807, 2.05) is 6.07 Å². The number of carbonyl (C=O) groups is 1. The van der Waals surface area contributed by atoms with Crippen LogP contribution in [-0.4, -0.2) is 10.9 Å². The molecule has 5 heteroatoms. The summed E-state index contributed by atoms with van der Waals surface area (Å²) in [6.07, 6.45) is 0. The Kier molecular flexibility index (Phi) is 3.10. The van der Waals surface area contributed by atoms with Crippen molar-refractivity contribution < 1.29 is 9.18 Å². The number of aromatic amines is 1. The number of nitrogen functional groups attached to an aromatic ring is 1. The molecule has 0 unspecified atom stereocenters. The molecule has 0 bridgehead atoms. The zero-order chi connectivity index (χ0) is 15.0. The summed E-state index contributed by atoms with van der Waals surface area (Å²) in [6.45, 7) is 1.65. The molecule has 0 aliphatic carbocycles. The van der Waals surface area contributed by atoms with Crippen molar-refractivity contribution >= 4 is 28.2 Å². The second-order valence-corrected chi connectivity index (χ2v) is 4.95. The van der Waals surface area contributed by atoms with Gasteiger partial charge >= 0.3 is 0 Å². The zero-order valence-electron chi connectivity index (χ0n) is 11.4. The SMILES string of the molecule is Cc1cc(NC(=O)c2cc3cc(N)ccc3[nH]2)ccc1F. The highest BCUT2D eigenvalue weighted by molar-refractivity contribution is 6.06. The van der Waals surface area contributed by atoms with Gasteiger partial charge in [-0.2, -0.15) is 0 Å². The Hall–Kier alpha value is -2.82. The number of H-pyrrole nitrogens is 1. The van der Waals surface area contributed by atoms with Gasteiger partial charge in [-0.05, 0) is 55.0 Å². The fourth-order valence-electron chi connectivity index (χ4n) is 2.19. The average Bonchev–Trinajstić information content (AvgIpc) is 2.86. The fourth-order valence-corrected chi connectivity index (χ4v) is 2.19. The zero-order valence-corrected chi connectivity index (χ0v) is 11.4. The third-order valence-electron chi connectivity index (χ3n) is 3.31. The second-order valence-electron chi connectivity index (χ2n) is 4.95. The van der Waals surface area contributed by atoms with E-state index in [2.05, 4.69) is 10.3 Å². The summed E-state index contributed by atoms with van der Waals surface area (Å²) in [5.74, 6) is -0.579. The van der Waals surface area contributed by atoms with E-state index in [0.29, 0.717) is 22.6 Å². The highest BCUT2D eigenvalue weighted by atomic mass is 19.1. The van der Waals surface area contributed by atoms with E-state index in [1.54, 1.807) is 31.2 Å². The summed E-state index contributed by atoms with van der Waals surface area (Å²) in [5.41, 5.74) is 8.66. The molecule has 0 saturated carbocycles. The van der Waals surface area contributed by atoms with Crippen LogP contribution < -0.4 is 11.1 Å². The molecule has 0 aliphatic heterocycles. The molecule has 0 spiro atoms. The van der Waals surface area contributed by atoms with Crippen LogP contribution in [0.15, 0.2) is 42.5 Å². The van der Waals surface area contributed by atoms with Crippen molar-refractivity contribution in [1.29, 1.82) is 0 Å². The van der Waals surface area contributed by atoms with Crippen molar-refractivity contribution in [3.8, 4) is 0 Å². The quantitative estimate of drug-likeness (QED) is 0.630. The number of aryl methyl sites for hydroxylation is 1. The molecule has 0 radical (unpaired) electrons. The molecule has 21 heavy (non-hydrogen) atoms. The van der Waals surface area contributed by atoms with Crippen LogP contribution in [0, 0.1) is 12.7 Å². The van der Waals surface area contributed by atoms with Crippen LogP contribution in [0.4, 0.5) is 15.8 Å². The molecule has 0 fully saturated rings. The summed E-state index contributed by atoms with van der Waals surface area (Å²) >= 11 is 0. The molecule has 1 amide bonds. The number of nitrogens with two attached hydrogens (primary N) is 1. The molecule has 106 valence electrons. The van der Waals surface area contributed by atoms with Gasteiger partial charge in [0.2, 0.25) is 0 Å². The van der Waals surface area contributed by atoms with E-state index in [4.69, 9.17) is 5.73 Å². The first-order valence-corrected chi connectivity index (χ1v) is 6.49. The maximum Gasteiger partial charge on any atom is 0.272 e. The monoisotopic (exact) mass is 283 g/mol. The summed E-state index contributed by atoms with van der Waals surface area (Å²) in [6, 6.07) is 11.6. The lowest BCUT2D eigenvalue weighted by Crippen LogP contribution is -2.12. The second kappa shape index (κ2) is 4.94. The molecular formula is C16H14FN3O. The van der Waals surface area contributed by atoms with Crippen molar-refractivity contribution in [2.45, 2.75) is 6.92 Å². The van der Waals surface area contributed by atoms with Gasteiger partial charge in [0.05, 0.1) is 0 Å². The van der Waals surface area contributed by atoms with Crippen LogP contribution in [0.3, 0.4) is 0 Å². The highest BCUT2D eigenvalue weighted by Crippen LogP contribution is 2.20. The smallest absolute Gasteiger partial charge is 0.272 e. The molecule has 0 atom stereocenters. The Labute approximate surface area is 120 Å². The van der Waals surface area contributed by atoms with Crippen LogP contribution in [0.25, 0.3) is 10.9 Å². The Balaban J connectivity index is 1.87. The van der Waals surface area contributed by atoms with Crippen molar-refractivity contribution in [2.75, 3.05) is 11.1 Å². The Morgan fingerprint density at radius 1 is 1.19 bits per heavy atom. The molecule has 0 aliphatic rings. The van der Waals surface area contributed by atoms with Crippen molar-refractivity contribution in [3.05, 3.63) is 59.5 Å². The summed E-state index contributed by atoms with van der Waals surface area (Å²) in [4.78, 5) is 15.2. The normalized spacial score (nSPS) is 10.8. The van der Waals surface area contributed by atoms with Gasteiger partial charge in [-0.1, -0.05) is 0 Å². The predicted molar refractivity (Wildman–Crippen MR) is 81.8 cm³/mol. The number of benzene rings is 2. The van der Waals surface area contributed by atoms with Crippen LogP contribution in [0.2, 0.25) is 0 Å². The van der Waals surface area contributed by atoms with E-state index in [1.165, 1.54) is 12.1 Å². The van der Waals surface area contributed by atoms with Gasteiger partial charge in [0, 0.05) is 22.3 Å². The third kappa shape index (κ3) is 2.58. The van der Waals surface area contributed by atoms with E-state index < -0.39 is 0 Å². The number of carbonyl (C=O) groups excluding carboxylic acids is 1. The number of hydrogen-bond acceptors (Lipinski definition) is 2. The average molecular weight is 283 g/mol. The minimum atomic E-state index is -0.297.